The highest BCUT2D eigenvalue weighted by Crippen LogP contribution is 2.27. The molecule has 0 aromatic heterocycles. The van der Waals surface area contributed by atoms with Gasteiger partial charge in [-0.3, -0.25) is 9.59 Å². The highest BCUT2D eigenvalue weighted by Gasteiger charge is 2.17. The predicted octanol–water partition coefficient (Wildman–Crippen LogP) is 4.74. The van der Waals surface area contributed by atoms with E-state index in [9.17, 15) is 9.59 Å². The number of benzene rings is 2. The normalized spacial score (nSPS) is 10.6. The lowest BCUT2D eigenvalue weighted by Crippen LogP contribution is -2.36. The van der Waals surface area contributed by atoms with Gasteiger partial charge in [-0.25, -0.2) is 0 Å². The second-order valence-corrected chi connectivity index (χ2v) is 7.16. The van der Waals surface area contributed by atoms with Crippen LogP contribution in [0.4, 0.5) is 11.4 Å². The number of hydrogen-bond acceptors (Lipinski definition) is 3. The van der Waals surface area contributed by atoms with Gasteiger partial charge in [0.2, 0.25) is 11.8 Å². The molecule has 0 saturated carbocycles. The summed E-state index contributed by atoms with van der Waals surface area (Å²) < 4.78 is 5.61. The van der Waals surface area contributed by atoms with Gasteiger partial charge in [0.1, 0.15) is 12.3 Å². The number of anilines is 2. The lowest BCUT2D eigenvalue weighted by atomic mass is 10.1. The van der Waals surface area contributed by atoms with E-state index in [1.165, 1.54) is 11.8 Å². The number of rotatable bonds is 6. The van der Waals surface area contributed by atoms with E-state index in [4.69, 9.17) is 16.3 Å². The first-order chi connectivity index (χ1) is 12.7. The molecule has 0 saturated heterocycles. The first-order valence-corrected chi connectivity index (χ1v) is 9.16. The number of nitrogens with zero attached hydrogens (tertiary/aromatic N) is 1. The maximum Gasteiger partial charge on any atom is 0.244 e. The third-order valence-electron chi connectivity index (χ3n) is 3.90. The molecule has 6 heteroatoms. The van der Waals surface area contributed by atoms with Gasteiger partial charge in [0.15, 0.2) is 0 Å². The van der Waals surface area contributed by atoms with Gasteiger partial charge in [0, 0.05) is 12.6 Å². The van der Waals surface area contributed by atoms with Gasteiger partial charge < -0.3 is 15.0 Å². The predicted molar refractivity (Wildman–Crippen MR) is 110 cm³/mol. The third-order valence-corrected chi connectivity index (χ3v) is 4.20. The summed E-state index contributed by atoms with van der Waals surface area (Å²) in [6.07, 6.45) is 0.0630. The van der Waals surface area contributed by atoms with Gasteiger partial charge >= 0.3 is 0 Å². The van der Waals surface area contributed by atoms with Gasteiger partial charge in [-0.2, -0.15) is 0 Å². The molecular weight excluding hydrogens is 364 g/mol. The molecule has 144 valence electrons. The fraction of sp³-hybridized carbons (Fsp3) is 0.333. The maximum atomic E-state index is 12.5. The molecule has 0 bridgehead atoms. The van der Waals surface area contributed by atoms with Crippen LogP contribution in [-0.2, 0) is 9.59 Å². The Hall–Kier alpha value is -2.53. The van der Waals surface area contributed by atoms with Crippen LogP contribution in [0.2, 0.25) is 5.02 Å². The number of hydrogen-bond donors (Lipinski definition) is 1. The van der Waals surface area contributed by atoms with Crippen LogP contribution >= 0.6 is 11.6 Å². The average Bonchev–Trinajstić information content (AvgIpc) is 2.56. The second kappa shape index (κ2) is 8.91. The Balaban J connectivity index is 2.14. The molecular formula is C21H25ClN2O3. The summed E-state index contributed by atoms with van der Waals surface area (Å²) in [4.78, 5) is 26.0. The smallest absolute Gasteiger partial charge is 0.244 e. The molecule has 0 aliphatic carbocycles. The lowest BCUT2D eigenvalue weighted by molar-refractivity contribution is -0.120. The van der Waals surface area contributed by atoms with Crippen molar-refractivity contribution in [3.05, 3.63) is 52.5 Å². The van der Waals surface area contributed by atoms with Crippen LogP contribution in [-0.4, -0.2) is 24.5 Å². The zero-order valence-electron chi connectivity index (χ0n) is 16.3. The van der Waals surface area contributed by atoms with E-state index in [0.29, 0.717) is 22.1 Å². The van der Waals surface area contributed by atoms with Gasteiger partial charge in [-0.15, -0.1) is 0 Å². The minimum atomic E-state index is -0.318. The summed E-state index contributed by atoms with van der Waals surface area (Å²) in [5.74, 6) is 0.166. The van der Waals surface area contributed by atoms with Gasteiger partial charge in [0.25, 0.3) is 0 Å². The summed E-state index contributed by atoms with van der Waals surface area (Å²) in [5.41, 5.74) is 3.08. The molecule has 5 nitrogen and oxygen atoms in total. The monoisotopic (exact) mass is 388 g/mol. The summed E-state index contributed by atoms with van der Waals surface area (Å²) >= 11 is 6.24. The molecule has 0 aliphatic rings. The molecule has 0 spiro atoms. The van der Waals surface area contributed by atoms with Crippen molar-refractivity contribution >= 4 is 34.8 Å². The minimum Gasteiger partial charge on any atom is -0.491 e. The topological polar surface area (TPSA) is 58.6 Å². The Bertz CT molecular complexity index is 809. The standard InChI is InChI=1S/C21H25ClN2O3/c1-13(2)27-18-8-6-17(7-9-18)24(16(5)25)12-20(26)23-21-15(4)10-14(3)11-19(21)22/h6-11,13H,12H2,1-5H3,(H,23,26). The van der Waals surface area contributed by atoms with Crippen molar-refractivity contribution in [1.29, 1.82) is 0 Å². The number of ether oxygens (including phenoxy) is 1. The number of nitrogens with one attached hydrogen (secondary N) is 1. The van der Waals surface area contributed by atoms with Crippen LogP contribution in [0.3, 0.4) is 0 Å². The Kier molecular flexibility index (Phi) is 6.86. The van der Waals surface area contributed by atoms with Crippen molar-refractivity contribution in [2.75, 3.05) is 16.8 Å². The van der Waals surface area contributed by atoms with Crippen molar-refractivity contribution in [3.8, 4) is 5.75 Å². The van der Waals surface area contributed by atoms with E-state index in [1.54, 1.807) is 30.3 Å². The van der Waals surface area contributed by atoms with Crippen molar-refractivity contribution in [1.82, 2.24) is 0 Å². The van der Waals surface area contributed by atoms with Crippen LogP contribution in [0.1, 0.15) is 31.9 Å². The highest BCUT2D eigenvalue weighted by molar-refractivity contribution is 6.34. The molecule has 0 heterocycles. The Morgan fingerprint density at radius 2 is 1.78 bits per heavy atom. The fourth-order valence-corrected chi connectivity index (χ4v) is 3.13. The fourth-order valence-electron chi connectivity index (χ4n) is 2.76. The molecule has 2 amide bonds. The second-order valence-electron chi connectivity index (χ2n) is 6.75. The SMILES string of the molecule is CC(=O)N(CC(=O)Nc1c(C)cc(C)cc1Cl)c1ccc(OC(C)C)cc1. The average molecular weight is 389 g/mol. The van der Waals surface area contributed by atoms with Crippen LogP contribution in [0, 0.1) is 13.8 Å². The molecule has 0 atom stereocenters. The number of aryl methyl sites for hydroxylation is 2. The first-order valence-electron chi connectivity index (χ1n) is 8.78. The Morgan fingerprint density at radius 1 is 1.15 bits per heavy atom. The number of carbonyl (C=O) groups is 2. The van der Waals surface area contributed by atoms with Crippen LogP contribution in [0.5, 0.6) is 5.75 Å². The number of carbonyl (C=O) groups excluding carboxylic acids is 2. The van der Waals surface area contributed by atoms with Crippen LogP contribution in [0.15, 0.2) is 36.4 Å². The molecule has 2 rings (SSSR count). The molecule has 2 aromatic carbocycles. The molecule has 1 N–H and O–H groups in total. The zero-order chi connectivity index (χ0) is 20.1. The molecule has 0 radical (unpaired) electrons. The van der Waals surface area contributed by atoms with E-state index >= 15 is 0 Å². The lowest BCUT2D eigenvalue weighted by Gasteiger charge is -2.22. The van der Waals surface area contributed by atoms with Gasteiger partial charge in [-0.1, -0.05) is 17.7 Å². The van der Waals surface area contributed by atoms with E-state index in [0.717, 1.165) is 11.1 Å². The zero-order valence-corrected chi connectivity index (χ0v) is 17.1. The Morgan fingerprint density at radius 3 is 2.30 bits per heavy atom. The Labute approximate surface area is 165 Å². The summed E-state index contributed by atoms with van der Waals surface area (Å²) in [5, 5.41) is 3.29. The molecule has 2 aromatic rings. The molecule has 0 fully saturated rings. The third kappa shape index (κ3) is 5.73. The van der Waals surface area contributed by atoms with Crippen molar-refractivity contribution in [2.24, 2.45) is 0 Å². The van der Waals surface area contributed by atoms with E-state index < -0.39 is 0 Å². The molecule has 0 aliphatic heterocycles. The molecule has 0 unspecified atom stereocenters. The number of amides is 2. The quantitative estimate of drug-likeness (QED) is 0.777. The van der Waals surface area contributed by atoms with E-state index in [1.807, 2.05) is 33.8 Å². The molecule has 27 heavy (non-hydrogen) atoms. The van der Waals surface area contributed by atoms with E-state index in [-0.39, 0.29) is 24.5 Å². The van der Waals surface area contributed by atoms with Crippen molar-refractivity contribution in [3.63, 3.8) is 0 Å². The summed E-state index contributed by atoms with van der Waals surface area (Å²) in [7, 11) is 0. The highest BCUT2D eigenvalue weighted by atomic mass is 35.5. The summed E-state index contributed by atoms with van der Waals surface area (Å²) in [6, 6.07) is 10.8. The summed E-state index contributed by atoms with van der Waals surface area (Å²) in [6.45, 7) is 9.02. The largest absolute Gasteiger partial charge is 0.491 e. The van der Waals surface area contributed by atoms with Crippen molar-refractivity contribution < 1.29 is 14.3 Å². The number of halogens is 1. The van der Waals surface area contributed by atoms with Crippen LogP contribution < -0.4 is 15.0 Å². The van der Waals surface area contributed by atoms with Gasteiger partial charge in [-0.05, 0) is 69.2 Å². The first kappa shape index (κ1) is 20.8. The van der Waals surface area contributed by atoms with Gasteiger partial charge in [0.05, 0.1) is 16.8 Å². The minimum absolute atomic E-state index is 0.0630. The van der Waals surface area contributed by atoms with Crippen molar-refractivity contribution in [2.45, 2.75) is 40.7 Å². The maximum absolute atomic E-state index is 12.5. The van der Waals surface area contributed by atoms with Crippen LogP contribution in [0.25, 0.3) is 0 Å². The van der Waals surface area contributed by atoms with E-state index in [2.05, 4.69) is 5.32 Å².